The second kappa shape index (κ2) is 8.59. The molecule has 8 heteroatoms. The number of benzene rings is 1. The Kier molecular flexibility index (Phi) is 6.49. The summed E-state index contributed by atoms with van der Waals surface area (Å²) in [6.07, 6.45) is 2.47. The fourth-order valence-corrected chi connectivity index (χ4v) is 3.28. The highest BCUT2D eigenvalue weighted by Crippen LogP contribution is 2.19. The molecule has 2 aromatic rings. The Morgan fingerprint density at radius 3 is 2.60 bits per heavy atom. The number of pyridine rings is 1. The summed E-state index contributed by atoms with van der Waals surface area (Å²) >= 11 is 0. The summed E-state index contributed by atoms with van der Waals surface area (Å²) in [6, 6.07) is 12.5. The summed E-state index contributed by atoms with van der Waals surface area (Å²) in [6.45, 7) is 0.787. The number of nitrogens with zero attached hydrogens (tertiary/aromatic N) is 3. The summed E-state index contributed by atoms with van der Waals surface area (Å²) in [7, 11) is -0.508. The minimum Gasteiger partial charge on any atom is -0.370 e. The van der Waals surface area contributed by atoms with Crippen molar-refractivity contribution >= 4 is 16.0 Å². The molecule has 0 amide bonds. The van der Waals surface area contributed by atoms with Gasteiger partial charge in [0.25, 0.3) is 0 Å². The Hall–Kier alpha value is -2.45. The van der Waals surface area contributed by atoms with E-state index in [1.165, 1.54) is 18.4 Å². The van der Waals surface area contributed by atoms with Crippen molar-refractivity contribution < 1.29 is 8.42 Å². The molecule has 25 heavy (non-hydrogen) atoms. The summed E-state index contributed by atoms with van der Waals surface area (Å²) in [5, 5.41) is 3.01. The van der Waals surface area contributed by atoms with Crippen LogP contribution in [0.1, 0.15) is 11.3 Å². The van der Waals surface area contributed by atoms with Crippen LogP contribution in [-0.2, 0) is 23.0 Å². The zero-order valence-electron chi connectivity index (χ0n) is 14.4. The zero-order chi connectivity index (χ0) is 18.3. The second-order valence-electron chi connectivity index (χ2n) is 5.59. The summed E-state index contributed by atoms with van der Waals surface area (Å²) in [5.74, 6) is 0.271. The fraction of sp³-hybridized carbons (Fsp3) is 0.294. The van der Waals surface area contributed by atoms with Crippen LogP contribution in [0.3, 0.4) is 0 Å². The maximum absolute atomic E-state index is 12.4. The average molecular weight is 361 g/mol. The van der Waals surface area contributed by atoms with E-state index in [-0.39, 0.29) is 17.4 Å². The molecule has 0 atom stereocenters. The maximum atomic E-state index is 12.4. The molecule has 1 aromatic heterocycles. The van der Waals surface area contributed by atoms with Crippen LogP contribution in [0.15, 0.2) is 58.5 Å². The van der Waals surface area contributed by atoms with Gasteiger partial charge in [0.05, 0.1) is 11.4 Å². The van der Waals surface area contributed by atoms with Crippen LogP contribution >= 0.6 is 0 Å². The van der Waals surface area contributed by atoms with E-state index in [1.54, 1.807) is 30.5 Å². The molecular formula is C17H23N5O2S. The summed E-state index contributed by atoms with van der Waals surface area (Å²) in [4.78, 5) is 8.71. The van der Waals surface area contributed by atoms with Gasteiger partial charge in [-0.05, 0) is 23.8 Å². The minimum atomic E-state index is -3.51. The molecule has 3 N–H and O–H groups in total. The van der Waals surface area contributed by atoms with Gasteiger partial charge in [0.2, 0.25) is 10.0 Å². The maximum Gasteiger partial charge on any atom is 0.242 e. The molecule has 2 rings (SSSR count). The lowest BCUT2D eigenvalue weighted by Crippen LogP contribution is -2.33. The molecule has 1 heterocycles. The van der Waals surface area contributed by atoms with Crippen molar-refractivity contribution in [3.63, 3.8) is 0 Å². The summed E-state index contributed by atoms with van der Waals surface area (Å²) < 4.78 is 25.9. The van der Waals surface area contributed by atoms with E-state index < -0.39 is 10.0 Å². The third-order valence-corrected chi connectivity index (χ3v) is 5.48. The second-order valence-corrected chi connectivity index (χ2v) is 7.71. The normalized spacial score (nSPS) is 12.4. The monoisotopic (exact) mass is 361 g/mol. The number of sulfonamides is 1. The topological polar surface area (TPSA) is 101 Å². The first-order valence-electron chi connectivity index (χ1n) is 7.85. The van der Waals surface area contributed by atoms with E-state index in [4.69, 9.17) is 5.73 Å². The van der Waals surface area contributed by atoms with Gasteiger partial charge < -0.3 is 11.1 Å². The van der Waals surface area contributed by atoms with Crippen LogP contribution in [-0.4, -0.2) is 44.3 Å². The predicted molar refractivity (Wildman–Crippen MR) is 98.6 cm³/mol. The van der Waals surface area contributed by atoms with Crippen molar-refractivity contribution in [3.05, 3.63) is 59.9 Å². The van der Waals surface area contributed by atoms with Crippen LogP contribution in [0.5, 0.6) is 0 Å². The highest BCUT2D eigenvalue weighted by atomic mass is 32.2. The van der Waals surface area contributed by atoms with Gasteiger partial charge in [-0.25, -0.2) is 17.7 Å². The first-order chi connectivity index (χ1) is 11.9. The van der Waals surface area contributed by atoms with E-state index in [0.717, 1.165) is 12.1 Å². The Morgan fingerprint density at radius 2 is 1.92 bits per heavy atom. The van der Waals surface area contributed by atoms with Gasteiger partial charge in [-0.15, -0.1) is 0 Å². The number of aromatic nitrogens is 1. The first-order valence-corrected chi connectivity index (χ1v) is 9.29. The Labute approximate surface area is 148 Å². The number of rotatable bonds is 7. The van der Waals surface area contributed by atoms with E-state index in [0.29, 0.717) is 12.1 Å². The quantitative estimate of drug-likeness (QED) is 0.565. The molecule has 0 aliphatic heterocycles. The number of nitrogens with one attached hydrogen (secondary N) is 1. The summed E-state index contributed by atoms with van der Waals surface area (Å²) in [5.41, 5.74) is 7.43. The highest BCUT2D eigenvalue weighted by Gasteiger charge is 2.20. The number of aliphatic imine (C=N–C) groups is 1. The molecular weight excluding hydrogens is 338 g/mol. The minimum absolute atomic E-state index is 0.186. The number of hydrogen-bond donors (Lipinski definition) is 2. The van der Waals surface area contributed by atoms with E-state index in [9.17, 15) is 8.42 Å². The smallest absolute Gasteiger partial charge is 0.242 e. The van der Waals surface area contributed by atoms with Gasteiger partial charge in [-0.1, -0.05) is 24.3 Å². The van der Waals surface area contributed by atoms with Crippen molar-refractivity contribution in [1.82, 2.24) is 14.6 Å². The number of nitrogens with two attached hydrogens (primary N) is 1. The average Bonchev–Trinajstić information content (AvgIpc) is 2.61. The van der Waals surface area contributed by atoms with Crippen LogP contribution < -0.4 is 11.1 Å². The lowest BCUT2D eigenvalue weighted by atomic mass is 10.2. The van der Waals surface area contributed by atoms with Gasteiger partial charge in [0.1, 0.15) is 0 Å². The molecule has 0 aliphatic carbocycles. The van der Waals surface area contributed by atoms with Crippen molar-refractivity contribution in [2.24, 2.45) is 10.7 Å². The van der Waals surface area contributed by atoms with Gasteiger partial charge in [-0.3, -0.25) is 4.98 Å². The lowest BCUT2D eigenvalue weighted by molar-refractivity contribution is 0.519. The molecule has 7 nitrogen and oxygen atoms in total. The molecule has 0 unspecified atom stereocenters. The lowest BCUT2D eigenvalue weighted by Gasteiger charge is -2.14. The fourth-order valence-electron chi connectivity index (χ4n) is 2.17. The molecule has 0 fully saturated rings. The van der Waals surface area contributed by atoms with Gasteiger partial charge in [0, 0.05) is 39.0 Å². The van der Waals surface area contributed by atoms with Crippen molar-refractivity contribution in [2.75, 3.05) is 20.6 Å². The van der Waals surface area contributed by atoms with Gasteiger partial charge >= 0.3 is 0 Å². The largest absolute Gasteiger partial charge is 0.370 e. The van der Waals surface area contributed by atoms with Crippen molar-refractivity contribution in [2.45, 2.75) is 17.9 Å². The van der Waals surface area contributed by atoms with E-state index in [1.807, 2.05) is 18.2 Å². The van der Waals surface area contributed by atoms with E-state index >= 15 is 0 Å². The Balaban J connectivity index is 1.99. The zero-order valence-corrected chi connectivity index (χ0v) is 15.2. The molecule has 0 bridgehead atoms. The molecule has 0 radical (unpaired) electrons. The van der Waals surface area contributed by atoms with Crippen molar-refractivity contribution in [3.8, 4) is 0 Å². The van der Waals surface area contributed by atoms with Crippen molar-refractivity contribution in [1.29, 1.82) is 0 Å². The Morgan fingerprint density at radius 1 is 1.20 bits per heavy atom. The standard InChI is InChI=1S/C17H23N5O2S/c1-22(2)25(23,24)16-9-4-3-7-14(16)13-21-17(18)20-12-10-15-8-5-6-11-19-15/h3-9,11H,10,12-13H2,1-2H3,(H3,18,20,21). The van der Waals surface area contributed by atoms with Gasteiger partial charge in [0.15, 0.2) is 5.96 Å². The van der Waals surface area contributed by atoms with Crippen LogP contribution in [0.25, 0.3) is 0 Å². The van der Waals surface area contributed by atoms with Gasteiger partial charge in [-0.2, -0.15) is 0 Å². The molecule has 0 spiro atoms. The predicted octanol–water partition coefficient (Wildman–Crippen LogP) is 0.979. The third kappa shape index (κ3) is 5.27. The Bertz CT molecular complexity index is 820. The van der Waals surface area contributed by atoms with Crippen LogP contribution in [0, 0.1) is 0 Å². The van der Waals surface area contributed by atoms with E-state index in [2.05, 4.69) is 15.3 Å². The third-order valence-electron chi connectivity index (χ3n) is 3.56. The van der Waals surface area contributed by atoms with Crippen LogP contribution in [0.2, 0.25) is 0 Å². The highest BCUT2D eigenvalue weighted by molar-refractivity contribution is 7.89. The molecule has 134 valence electrons. The first kappa shape index (κ1) is 18.9. The molecule has 0 saturated carbocycles. The number of hydrogen-bond acceptors (Lipinski definition) is 4. The molecule has 1 aromatic carbocycles. The molecule has 0 saturated heterocycles. The van der Waals surface area contributed by atoms with Crippen LogP contribution in [0.4, 0.5) is 0 Å². The number of guanidine groups is 1. The molecule has 0 aliphatic rings. The SMILES string of the molecule is CN(C)S(=O)(=O)c1ccccc1CN=C(N)NCCc1ccccn1.